The molecule has 1 aliphatic rings. The number of likely N-dealkylation sites (tertiary alicyclic amines) is 1. The van der Waals surface area contributed by atoms with Gasteiger partial charge in [-0.1, -0.05) is 81.4 Å². The molecule has 1 aliphatic heterocycles. The third kappa shape index (κ3) is 5.74. The zero-order chi connectivity index (χ0) is 24.3. The number of hydrogen-bond donors (Lipinski definition) is 0. The molecule has 1 atom stereocenters. The fourth-order valence-corrected chi connectivity index (χ4v) is 9.17. The van der Waals surface area contributed by atoms with Gasteiger partial charge in [0.1, 0.15) is 5.60 Å². The number of hydrogen-bond acceptors (Lipinski definition) is 4. The van der Waals surface area contributed by atoms with Crippen LogP contribution in [0.4, 0.5) is 4.79 Å². The highest BCUT2D eigenvalue weighted by atomic mass is 28.4. The van der Waals surface area contributed by atoms with Crippen molar-refractivity contribution < 1.29 is 18.8 Å². The minimum atomic E-state index is -2.73. The van der Waals surface area contributed by atoms with Crippen LogP contribution in [0.2, 0.25) is 5.04 Å². The van der Waals surface area contributed by atoms with E-state index in [4.69, 9.17) is 9.16 Å². The average molecular weight is 468 g/mol. The first-order valence-corrected chi connectivity index (χ1v) is 13.6. The number of rotatable bonds is 5. The van der Waals surface area contributed by atoms with Crippen LogP contribution >= 0.6 is 0 Å². The minimum absolute atomic E-state index is 0.0579. The van der Waals surface area contributed by atoms with E-state index >= 15 is 0 Å². The minimum Gasteiger partial charge on any atom is -0.444 e. The molecule has 6 heteroatoms. The van der Waals surface area contributed by atoms with E-state index in [0.717, 1.165) is 0 Å². The molecule has 1 heterocycles. The number of piperidine rings is 1. The molecule has 0 radical (unpaired) electrons. The van der Waals surface area contributed by atoms with Gasteiger partial charge in [-0.05, 0) is 42.6 Å². The van der Waals surface area contributed by atoms with Gasteiger partial charge in [0.05, 0.1) is 19.2 Å². The van der Waals surface area contributed by atoms with Gasteiger partial charge in [-0.25, -0.2) is 4.79 Å². The highest BCUT2D eigenvalue weighted by molar-refractivity contribution is 6.99. The van der Waals surface area contributed by atoms with Crippen LogP contribution in [0.5, 0.6) is 0 Å². The molecule has 2 aromatic carbocycles. The van der Waals surface area contributed by atoms with Gasteiger partial charge in [0, 0.05) is 6.42 Å². The number of Topliss-reactive ketones (excluding diaryl/α,β-unsaturated/α-hetero) is 1. The van der Waals surface area contributed by atoms with Crippen molar-refractivity contribution in [2.24, 2.45) is 0 Å². The van der Waals surface area contributed by atoms with Crippen molar-refractivity contribution in [3.05, 3.63) is 60.7 Å². The summed E-state index contributed by atoms with van der Waals surface area (Å²) in [6.07, 6.45) is 0.580. The molecule has 0 spiro atoms. The first-order valence-electron chi connectivity index (χ1n) is 11.7. The van der Waals surface area contributed by atoms with Crippen molar-refractivity contribution in [3.63, 3.8) is 0 Å². The Kier molecular flexibility index (Phi) is 7.49. The Labute approximate surface area is 199 Å². The molecule has 33 heavy (non-hydrogen) atoms. The van der Waals surface area contributed by atoms with Gasteiger partial charge in [0.15, 0.2) is 5.78 Å². The SMILES string of the molecule is CC(C)(C)OC(=O)N1CC(=O)CC[C@@H]1CO[Si](c1ccccc1)(c1ccccc1)C(C)(C)C. The Hall–Kier alpha value is -2.44. The maximum absolute atomic E-state index is 12.9. The fourth-order valence-electron chi connectivity index (χ4n) is 4.57. The lowest BCUT2D eigenvalue weighted by Gasteiger charge is -2.45. The second kappa shape index (κ2) is 9.81. The van der Waals surface area contributed by atoms with Crippen LogP contribution in [0.1, 0.15) is 54.4 Å². The van der Waals surface area contributed by atoms with Crippen LogP contribution in [0.15, 0.2) is 60.7 Å². The molecule has 3 rings (SSSR count). The highest BCUT2D eigenvalue weighted by Crippen LogP contribution is 2.37. The predicted molar refractivity (Wildman–Crippen MR) is 135 cm³/mol. The van der Waals surface area contributed by atoms with Crippen molar-refractivity contribution in [1.82, 2.24) is 4.90 Å². The monoisotopic (exact) mass is 467 g/mol. The number of carbonyl (C=O) groups excluding carboxylic acids is 2. The van der Waals surface area contributed by atoms with E-state index in [1.165, 1.54) is 10.4 Å². The Morgan fingerprint density at radius 1 is 0.939 bits per heavy atom. The molecule has 0 saturated carbocycles. The lowest BCUT2D eigenvalue weighted by atomic mass is 10.0. The maximum atomic E-state index is 12.9. The summed E-state index contributed by atoms with van der Waals surface area (Å²) in [7, 11) is -2.73. The second-order valence-electron chi connectivity index (χ2n) is 10.8. The van der Waals surface area contributed by atoms with Crippen molar-refractivity contribution >= 4 is 30.6 Å². The van der Waals surface area contributed by atoms with E-state index in [2.05, 4.69) is 69.3 Å². The van der Waals surface area contributed by atoms with Crippen molar-refractivity contribution in [3.8, 4) is 0 Å². The first-order chi connectivity index (χ1) is 15.4. The molecular weight excluding hydrogens is 430 g/mol. The van der Waals surface area contributed by atoms with Gasteiger partial charge in [-0.2, -0.15) is 0 Å². The summed E-state index contributed by atoms with van der Waals surface area (Å²) in [5.74, 6) is 0.0579. The molecule has 5 nitrogen and oxygen atoms in total. The number of amides is 1. The standard InChI is InChI=1S/C27H37NO4Si/c1-26(2,3)32-25(30)28-19-22(29)18-17-21(28)20-31-33(27(4,5)6,23-13-9-7-10-14-23)24-15-11-8-12-16-24/h7-16,21H,17-20H2,1-6H3/t21-/m1/s1. The van der Waals surface area contributed by atoms with Crippen molar-refractivity contribution in [2.75, 3.05) is 13.2 Å². The molecule has 1 fully saturated rings. The second-order valence-corrected chi connectivity index (χ2v) is 15.1. The summed E-state index contributed by atoms with van der Waals surface area (Å²) in [4.78, 5) is 26.7. The zero-order valence-electron chi connectivity index (χ0n) is 20.8. The normalized spacial score (nSPS) is 17.7. The van der Waals surface area contributed by atoms with E-state index in [-0.39, 0.29) is 23.4 Å². The largest absolute Gasteiger partial charge is 0.444 e. The molecule has 178 valence electrons. The molecule has 2 aromatic rings. The number of benzene rings is 2. The van der Waals surface area contributed by atoms with Crippen molar-refractivity contribution in [1.29, 1.82) is 0 Å². The Morgan fingerprint density at radius 2 is 1.45 bits per heavy atom. The van der Waals surface area contributed by atoms with Gasteiger partial charge in [0.2, 0.25) is 0 Å². The third-order valence-electron chi connectivity index (χ3n) is 6.08. The van der Waals surface area contributed by atoms with E-state index < -0.39 is 20.0 Å². The maximum Gasteiger partial charge on any atom is 0.411 e. The number of ketones is 1. The lowest BCUT2D eigenvalue weighted by molar-refractivity contribution is -0.124. The molecule has 0 unspecified atom stereocenters. The Bertz CT molecular complexity index is 908. The smallest absolute Gasteiger partial charge is 0.411 e. The average Bonchev–Trinajstić information content (AvgIpc) is 2.74. The molecular formula is C27H37NO4Si. The number of ether oxygens (including phenoxy) is 1. The summed E-state index contributed by atoms with van der Waals surface area (Å²) in [6.45, 7) is 12.6. The molecule has 0 bridgehead atoms. The first kappa shape index (κ1) is 25.2. The van der Waals surface area contributed by atoms with Gasteiger partial charge in [-0.15, -0.1) is 0 Å². The summed E-state index contributed by atoms with van der Waals surface area (Å²) < 4.78 is 12.6. The molecule has 1 saturated heterocycles. The topological polar surface area (TPSA) is 55.8 Å². The molecule has 0 aromatic heterocycles. The van der Waals surface area contributed by atoms with Crippen LogP contribution in [0.3, 0.4) is 0 Å². The quantitative estimate of drug-likeness (QED) is 0.606. The Balaban J connectivity index is 1.98. The molecule has 0 N–H and O–H groups in total. The van der Waals surface area contributed by atoms with Crippen LogP contribution in [0.25, 0.3) is 0 Å². The zero-order valence-corrected chi connectivity index (χ0v) is 21.8. The van der Waals surface area contributed by atoms with Crippen LogP contribution in [0, 0.1) is 0 Å². The molecule has 1 amide bonds. The lowest BCUT2D eigenvalue weighted by Crippen LogP contribution is -2.67. The molecule has 0 aliphatic carbocycles. The van der Waals surface area contributed by atoms with Crippen molar-refractivity contribution in [2.45, 2.75) is 71.1 Å². The van der Waals surface area contributed by atoms with Gasteiger partial charge in [0.25, 0.3) is 8.32 Å². The Morgan fingerprint density at radius 3 is 1.91 bits per heavy atom. The summed E-state index contributed by atoms with van der Waals surface area (Å²) in [5.41, 5.74) is -0.624. The van der Waals surface area contributed by atoms with E-state index in [0.29, 0.717) is 19.4 Å². The van der Waals surface area contributed by atoms with Gasteiger partial charge in [-0.3, -0.25) is 9.69 Å². The fraction of sp³-hybridized carbons (Fsp3) is 0.481. The number of nitrogens with zero attached hydrogens (tertiary/aromatic N) is 1. The highest BCUT2D eigenvalue weighted by Gasteiger charge is 2.51. The van der Waals surface area contributed by atoms with Crippen LogP contribution in [-0.4, -0.2) is 49.9 Å². The predicted octanol–water partition coefficient (Wildman–Crippen LogP) is 4.53. The van der Waals surface area contributed by atoms with E-state index in [1.807, 2.05) is 32.9 Å². The summed E-state index contributed by atoms with van der Waals surface area (Å²) >= 11 is 0. The van der Waals surface area contributed by atoms with E-state index in [9.17, 15) is 9.59 Å². The third-order valence-corrected chi connectivity index (χ3v) is 11.1. The number of carbonyl (C=O) groups is 2. The van der Waals surface area contributed by atoms with Crippen LogP contribution in [-0.2, 0) is 14.0 Å². The summed E-state index contributed by atoms with van der Waals surface area (Å²) in [6, 6.07) is 20.7. The van der Waals surface area contributed by atoms with Gasteiger partial charge >= 0.3 is 6.09 Å². The van der Waals surface area contributed by atoms with Gasteiger partial charge < -0.3 is 9.16 Å². The summed E-state index contributed by atoms with van der Waals surface area (Å²) in [5, 5.41) is 2.23. The van der Waals surface area contributed by atoms with E-state index in [1.54, 1.807) is 4.90 Å². The van der Waals surface area contributed by atoms with Crippen LogP contribution < -0.4 is 10.4 Å².